The predicted molar refractivity (Wildman–Crippen MR) is 79.6 cm³/mol. The summed E-state index contributed by atoms with van der Waals surface area (Å²) in [6, 6.07) is 0. The third kappa shape index (κ3) is 3.94. The molecular formula is C16H31NO3. The lowest BCUT2D eigenvalue weighted by Crippen LogP contribution is -2.56. The maximum atomic E-state index is 9.90. The van der Waals surface area contributed by atoms with Crippen molar-refractivity contribution in [1.82, 2.24) is 4.90 Å². The molecule has 2 N–H and O–H groups in total. The van der Waals surface area contributed by atoms with Gasteiger partial charge in [0, 0.05) is 31.7 Å². The molecule has 0 bridgehead atoms. The van der Waals surface area contributed by atoms with Crippen molar-refractivity contribution in [2.45, 2.75) is 58.2 Å². The lowest BCUT2D eigenvalue weighted by Gasteiger charge is -2.47. The fourth-order valence-corrected chi connectivity index (χ4v) is 3.85. The van der Waals surface area contributed by atoms with Crippen molar-refractivity contribution in [1.29, 1.82) is 0 Å². The Labute approximate surface area is 123 Å². The third-order valence-corrected chi connectivity index (χ3v) is 4.98. The van der Waals surface area contributed by atoms with Crippen LogP contribution in [0.25, 0.3) is 0 Å². The highest BCUT2D eigenvalue weighted by atomic mass is 16.5. The number of morpholine rings is 1. The van der Waals surface area contributed by atoms with Crippen LogP contribution in [0.5, 0.6) is 0 Å². The quantitative estimate of drug-likeness (QED) is 0.824. The van der Waals surface area contributed by atoms with Gasteiger partial charge in [0.25, 0.3) is 0 Å². The van der Waals surface area contributed by atoms with Crippen molar-refractivity contribution in [3.8, 4) is 0 Å². The molecule has 1 heterocycles. The van der Waals surface area contributed by atoms with Crippen LogP contribution in [0.1, 0.15) is 46.5 Å². The van der Waals surface area contributed by atoms with E-state index < -0.39 is 0 Å². The molecule has 1 atom stereocenters. The van der Waals surface area contributed by atoms with Gasteiger partial charge in [0.15, 0.2) is 0 Å². The number of rotatable bonds is 4. The van der Waals surface area contributed by atoms with Gasteiger partial charge in [0.05, 0.1) is 18.3 Å². The molecule has 1 aliphatic carbocycles. The number of hydrogen-bond donors (Lipinski definition) is 2. The van der Waals surface area contributed by atoms with Crippen LogP contribution in [-0.2, 0) is 4.74 Å². The number of nitrogens with zero attached hydrogens (tertiary/aromatic N) is 1. The van der Waals surface area contributed by atoms with Crippen LogP contribution >= 0.6 is 0 Å². The van der Waals surface area contributed by atoms with Gasteiger partial charge in [0.1, 0.15) is 0 Å². The lowest BCUT2D eigenvalue weighted by molar-refractivity contribution is -0.157. The zero-order valence-corrected chi connectivity index (χ0v) is 13.3. The van der Waals surface area contributed by atoms with E-state index in [-0.39, 0.29) is 30.3 Å². The second-order valence-corrected chi connectivity index (χ2v) is 7.69. The second kappa shape index (κ2) is 6.30. The third-order valence-electron chi connectivity index (χ3n) is 4.98. The Morgan fingerprint density at radius 2 is 1.85 bits per heavy atom. The number of aliphatic hydroxyl groups is 2. The molecule has 0 spiro atoms. The van der Waals surface area contributed by atoms with Gasteiger partial charge in [-0.3, -0.25) is 4.90 Å². The molecule has 1 saturated heterocycles. The van der Waals surface area contributed by atoms with Crippen molar-refractivity contribution in [2.75, 3.05) is 32.8 Å². The molecule has 2 aliphatic rings. The average molecular weight is 285 g/mol. The van der Waals surface area contributed by atoms with Crippen molar-refractivity contribution in [3.63, 3.8) is 0 Å². The van der Waals surface area contributed by atoms with Gasteiger partial charge in [-0.1, -0.05) is 19.8 Å². The molecule has 0 aromatic carbocycles. The fourth-order valence-electron chi connectivity index (χ4n) is 3.85. The Morgan fingerprint density at radius 3 is 2.40 bits per heavy atom. The van der Waals surface area contributed by atoms with Crippen molar-refractivity contribution >= 4 is 0 Å². The second-order valence-electron chi connectivity index (χ2n) is 7.69. The van der Waals surface area contributed by atoms with E-state index in [0.29, 0.717) is 0 Å². The molecule has 0 aromatic heterocycles. The Balaban J connectivity index is 1.99. The number of hydrogen-bond acceptors (Lipinski definition) is 4. The van der Waals surface area contributed by atoms with E-state index in [1.807, 2.05) is 0 Å². The number of aliphatic hydroxyl groups excluding tert-OH is 2. The van der Waals surface area contributed by atoms with E-state index >= 15 is 0 Å². The first kappa shape index (κ1) is 16.2. The first-order chi connectivity index (χ1) is 9.38. The Hall–Kier alpha value is -0.160. The van der Waals surface area contributed by atoms with E-state index in [1.54, 1.807) is 0 Å². The zero-order chi connectivity index (χ0) is 14.8. The molecule has 2 rings (SSSR count). The highest BCUT2D eigenvalue weighted by Gasteiger charge is 2.39. The van der Waals surface area contributed by atoms with Crippen LogP contribution in [0.4, 0.5) is 0 Å². The summed E-state index contributed by atoms with van der Waals surface area (Å²) in [6.45, 7) is 9.40. The van der Waals surface area contributed by atoms with Crippen LogP contribution in [0, 0.1) is 11.3 Å². The summed E-state index contributed by atoms with van der Waals surface area (Å²) in [5, 5.41) is 19.3. The summed E-state index contributed by atoms with van der Waals surface area (Å²) < 4.78 is 5.87. The topological polar surface area (TPSA) is 52.9 Å². The van der Waals surface area contributed by atoms with E-state index in [9.17, 15) is 10.2 Å². The predicted octanol–water partition coefficient (Wildman–Crippen LogP) is 1.65. The molecule has 0 radical (unpaired) electrons. The summed E-state index contributed by atoms with van der Waals surface area (Å²) >= 11 is 0. The minimum atomic E-state index is -0.218. The normalized spacial score (nSPS) is 38.9. The minimum absolute atomic E-state index is 0.0555. The molecule has 0 amide bonds. The largest absolute Gasteiger partial charge is 0.396 e. The summed E-state index contributed by atoms with van der Waals surface area (Å²) in [5.41, 5.74) is -0.163. The monoisotopic (exact) mass is 285 g/mol. The van der Waals surface area contributed by atoms with E-state index in [1.165, 1.54) is 12.8 Å². The SMILES string of the molecule is CC1CCC(CO)(CN2CC(CO)OC(C)(C)C2)CC1. The molecule has 20 heavy (non-hydrogen) atoms. The lowest BCUT2D eigenvalue weighted by atomic mass is 9.71. The van der Waals surface area contributed by atoms with Gasteiger partial charge in [-0.2, -0.15) is 0 Å². The maximum absolute atomic E-state index is 9.90. The van der Waals surface area contributed by atoms with Crippen LogP contribution < -0.4 is 0 Å². The molecule has 1 saturated carbocycles. The standard InChI is InChI=1S/C16H31NO3/c1-13-4-6-16(12-19,7-5-13)11-17-8-14(9-18)20-15(2,3)10-17/h13-14,18-19H,4-12H2,1-3H3. The number of ether oxygens (including phenoxy) is 1. The zero-order valence-electron chi connectivity index (χ0n) is 13.3. The molecule has 4 heteroatoms. The van der Waals surface area contributed by atoms with Crippen LogP contribution in [0.15, 0.2) is 0 Å². The highest BCUT2D eigenvalue weighted by molar-refractivity contribution is 4.91. The van der Waals surface area contributed by atoms with Gasteiger partial charge >= 0.3 is 0 Å². The van der Waals surface area contributed by atoms with E-state index in [2.05, 4.69) is 25.7 Å². The summed E-state index contributed by atoms with van der Waals surface area (Å²) in [6.07, 6.45) is 4.57. The van der Waals surface area contributed by atoms with Gasteiger partial charge in [-0.15, -0.1) is 0 Å². The highest BCUT2D eigenvalue weighted by Crippen LogP contribution is 2.40. The van der Waals surface area contributed by atoms with Gasteiger partial charge < -0.3 is 14.9 Å². The first-order valence-electron chi connectivity index (χ1n) is 8.00. The molecule has 1 aliphatic heterocycles. The smallest absolute Gasteiger partial charge is 0.0940 e. The Morgan fingerprint density at radius 1 is 1.20 bits per heavy atom. The van der Waals surface area contributed by atoms with Gasteiger partial charge in [-0.05, 0) is 32.6 Å². The molecule has 118 valence electrons. The van der Waals surface area contributed by atoms with Crippen LogP contribution in [-0.4, -0.2) is 59.7 Å². The molecule has 1 unspecified atom stereocenters. The molecular weight excluding hydrogens is 254 g/mol. The van der Waals surface area contributed by atoms with Gasteiger partial charge in [0.2, 0.25) is 0 Å². The average Bonchev–Trinajstić information content (AvgIpc) is 2.40. The van der Waals surface area contributed by atoms with Crippen LogP contribution in [0.2, 0.25) is 0 Å². The Kier molecular flexibility index (Phi) is 5.11. The van der Waals surface area contributed by atoms with E-state index in [4.69, 9.17) is 4.74 Å². The Bertz CT molecular complexity index is 311. The van der Waals surface area contributed by atoms with Crippen molar-refractivity contribution in [2.24, 2.45) is 11.3 Å². The molecule has 4 nitrogen and oxygen atoms in total. The maximum Gasteiger partial charge on any atom is 0.0940 e. The molecule has 0 aromatic rings. The summed E-state index contributed by atoms with van der Waals surface area (Å²) in [5.74, 6) is 0.793. The summed E-state index contributed by atoms with van der Waals surface area (Å²) in [7, 11) is 0. The summed E-state index contributed by atoms with van der Waals surface area (Å²) in [4.78, 5) is 2.39. The van der Waals surface area contributed by atoms with E-state index in [0.717, 1.165) is 38.4 Å². The first-order valence-corrected chi connectivity index (χ1v) is 8.00. The van der Waals surface area contributed by atoms with Crippen molar-refractivity contribution in [3.05, 3.63) is 0 Å². The minimum Gasteiger partial charge on any atom is -0.396 e. The molecule has 2 fully saturated rings. The van der Waals surface area contributed by atoms with Crippen LogP contribution in [0.3, 0.4) is 0 Å². The fraction of sp³-hybridized carbons (Fsp3) is 1.00. The van der Waals surface area contributed by atoms with Gasteiger partial charge in [-0.25, -0.2) is 0 Å². The van der Waals surface area contributed by atoms with Crippen molar-refractivity contribution < 1.29 is 14.9 Å².